The first-order valence-electron chi connectivity index (χ1n) is 6.29. The summed E-state index contributed by atoms with van der Waals surface area (Å²) in [6, 6.07) is 5.50. The highest BCUT2D eigenvalue weighted by Crippen LogP contribution is 2.38. The van der Waals surface area contributed by atoms with E-state index in [0.29, 0.717) is 10.6 Å². The quantitative estimate of drug-likeness (QED) is 0.732. The van der Waals surface area contributed by atoms with E-state index >= 15 is 0 Å². The minimum absolute atomic E-state index is 0.0763. The van der Waals surface area contributed by atoms with Gasteiger partial charge in [-0.2, -0.15) is 0 Å². The van der Waals surface area contributed by atoms with Gasteiger partial charge < -0.3 is 9.64 Å². The van der Waals surface area contributed by atoms with E-state index in [4.69, 9.17) is 16.3 Å². The van der Waals surface area contributed by atoms with Crippen LogP contribution in [0, 0.1) is 6.92 Å². The molecule has 3 rings (SSSR count). The highest BCUT2D eigenvalue weighted by Gasteiger charge is 2.47. The molecule has 0 saturated carbocycles. The standard InChI is InChI=1S/C14H16ClNO2/c1-10-2-3-11(8-12(10)15)13(17)16-6-4-14(5-7-16)9-18-14/h2-3,8H,4-7,9H2,1H3. The summed E-state index contributed by atoms with van der Waals surface area (Å²) in [6.07, 6.45) is 1.91. The first-order chi connectivity index (χ1) is 8.60. The zero-order chi connectivity index (χ0) is 12.8. The summed E-state index contributed by atoms with van der Waals surface area (Å²) in [5.74, 6) is 0.0763. The smallest absolute Gasteiger partial charge is 0.253 e. The number of benzene rings is 1. The molecular formula is C14H16ClNO2. The summed E-state index contributed by atoms with van der Waals surface area (Å²) in [7, 11) is 0. The number of likely N-dealkylation sites (tertiary alicyclic amines) is 1. The predicted molar refractivity (Wildman–Crippen MR) is 70.0 cm³/mol. The zero-order valence-corrected chi connectivity index (χ0v) is 11.2. The van der Waals surface area contributed by atoms with Gasteiger partial charge in [0.05, 0.1) is 12.2 Å². The van der Waals surface area contributed by atoms with Gasteiger partial charge >= 0.3 is 0 Å². The van der Waals surface area contributed by atoms with Gasteiger partial charge in [0.25, 0.3) is 5.91 Å². The number of piperidine rings is 1. The normalized spacial score (nSPS) is 21.1. The minimum atomic E-state index is 0.0763. The van der Waals surface area contributed by atoms with Gasteiger partial charge in [-0.05, 0) is 37.5 Å². The van der Waals surface area contributed by atoms with Gasteiger partial charge in [-0.25, -0.2) is 0 Å². The van der Waals surface area contributed by atoms with Gasteiger partial charge in [-0.3, -0.25) is 4.79 Å². The number of carbonyl (C=O) groups is 1. The molecule has 0 bridgehead atoms. The van der Waals surface area contributed by atoms with Crippen LogP contribution in [0.25, 0.3) is 0 Å². The molecule has 4 heteroatoms. The molecule has 2 aliphatic rings. The van der Waals surface area contributed by atoms with E-state index in [1.165, 1.54) is 0 Å². The van der Waals surface area contributed by atoms with Crippen molar-refractivity contribution in [1.82, 2.24) is 4.90 Å². The second kappa shape index (κ2) is 4.25. The maximum absolute atomic E-state index is 12.3. The molecule has 1 aromatic carbocycles. The first kappa shape index (κ1) is 12.0. The van der Waals surface area contributed by atoms with Gasteiger partial charge in [0, 0.05) is 23.7 Å². The molecule has 0 N–H and O–H groups in total. The molecule has 2 aliphatic heterocycles. The van der Waals surface area contributed by atoms with Crippen molar-refractivity contribution >= 4 is 17.5 Å². The number of hydrogen-bond donors (Lipinski definition) is 0. The topological polar surface area (TPSA) is 32.8 Å². The summed E-state index contributed by atoms with van der Waals surface area (Å²) in [5, 5.41) is 0.653. The maximum atomic E-state index is 12.3. The van der Waals surface area contributed by atoms with Crippen molar-refractivity contribution in [2.45, 2.75) is 25.4 Å². The third-order valence-electron chi connectivity index (χ3n) is 3.93. The lowest BCUT2D eigenvalue weighted by molar-refractivity contribution is 0.0663. The Morgan fingerprint density at radius 2 is 2.06 bits per heavy atom. The van der Waals surface area contributed by atoms with E-state index in [9.17, 15) is 4.79 Å². The van der Waals surface area contributed by atoms with Crippen molar-refractivity contribution in [2.24, 2.45) is 0 Å². The van der Waals surface area contributed by atoms with Crippen molar-refractivity contribution in [3.63, 3.8) is 0 Å². The molecule has 0 atom stereocenters. The molecule has 0 aliphatic carbocycles. The summed E-state index contributed by atoms with van der Waals surface area (Å²) in [6.45, 7) is 4.37. The minimum Gasteiger partial charge on any atom is -0.369 e. The average Bonchev–Trinajstić information content (AvgIpc) is 3.12. The third kappa shape index (κ3) is 2.13. The van der Waals surface area contributed by atoms with Crippen LogP contribution in [0.3, 0.4) is 0 Å². The number of ether oxygens (including phenoxy) is 1. The van der Waals surface area contributed by atoms with Crippen molar-refractivity contribution in [3.05, 3.63) is 34.3 Å². The molecule has 18 heavy (non-hydrogen) atoms. The van der Waals surface area contributed by atoms with Crippen LogP contribution in [-0.4, -0.2) is 36.1 Å². The molecule has 2 fully saturated rings. The Morgan fingerprint density at radius 1 is 1.39 bits per heavy atom. The number of epoxide rings is 1. The molecule has 1 amide bonds. The molecule has 0 aromatic heterocycles. The SMILES string of the molecule is Cc1ccc(C(=O)N2CCC3(CC2)CO3)cc1Cl. The largest absolute Gasteiger partial charge is 0.369 e. The van der Waals surface area contributed by atoms with Crippen LogP contribution in [0.15, 0.2) is 18.2 Å². The maximum Gasteiger partial charge on any atom is 0.253 e. The average molecular weight is 266 g/mol. The molecule has 2 saturated heterocycles. The van der Waals surface area contributed by atoms with Crippen LogP contribution in [0.1, 0.15) is 28.8 Å². The van der Waals surface area contributed by atoms with Crippen LogP contribution in [0.4, 0.5) is 0 Å². The van der Waals surface area contributed by atoms with Crippen molar-refractivity contribution in [2.75, 3.05) is 19.7 Å². The van der Waals surface area contributed by atoms with Crippen molar-refractivity contribution in [3.8, 4) is 0 Å². The first-order valence-corrected chi connectivity index (χ1v) is 6.67. The fraction of sp³-hybridized carbons (Fsp3) is 0.500. The number of amides is 1. The Morgan fingerprint density at radius 3 is 2.61 bits per heavy atom. The van der Waals surface area contributed by atoms with Crippen LogP contribution in [0.5, 0.6) is 0 Å². The molecule has 2 heterocycles. The van der Waals surface area contributed by atoms with E-state index in [1.807, 2.05) is 24.0 Å². The van der Waals surface area contributed by atoms with E-state index in [2.05, 4.69) is 0 Å². The van der Waals surface area contributed by atoms with Gasteiger partial charge in [-0.1, -0.05) is 17.7 Å². The van der Waals surface area contributed by atoms with E-state index < -0.39 is 0 Å². The molecule has 1 aromatic rings. The van der Waals surface area contributed by atoms with Gasteiger partial charge in [-0.15, -0.1) is 0 Å². The Bertz CT molecular complexity index is 487. The van der Waals surface area contributed by atoms with Gasteiger partial charge in [0.15, 0.2) is 0 Å². The van der Waals surface area contributed by atoms with E-state index in [1.54, 1.807) is 6.07 Å². The van der Waals surface area contributed by atoms with Crippen LogP contribution in [-0.2, 0) is 4.74 Å². The Hall–Kier alpha value is -1.06. The Kier molecular flexibility index (Phi) is 2.83. The molecule has 96 valence electrons. The summed E-state index contributed by atoms with van der Waals surface area (Å²) in [5.41, 5.74) is 1.79. The van der Waals surface area contributed by atoms with Gasteiger partial charge in [0.2, 0.25) is 0 Å². The van der Waals surface area contributed by atoms with Crippen molar-refractivity contribution in [1.29, 1.82) is 0 Å². The number of hydrogen-bond acceptors (Lipinski definition) is 2. The molecule has 0 radical (unpaired) electrons. The van der Waals surface area contributed by atoms with E-state index in [0.717, 1.165) is 38.1 Å². The van der Waals surface area contributed by atoms with Crippen LogP contribution >= 0.6 is 11.6 Å². The fourth-order valence-electron chi connectivity index (χ4n) is 2.42. The zero-order valence-electron chi connectivity index (χ0n) is 10.4. The highest BCUT2D eigenvalue weighted by molar-refractivity contribution is 6.31. The second-order valence-corrected chi connectivity index (χ2v) is 5.64. The Balaban J connectivity index is 1.72. The summed E-state index contributed by atoms with van der Waals surface area (Å²) < 4.78 is 5.45. The molecular weight excluding hydrogens is 250 g/mol. The molecule has 3 nitrogen and oxygen atoms in total. The number of carbonyl (C=O) groups excluding carboxylic acids is 1. The predicted octanol–water partition coefficient (Wildman–Crippen LogP) is 2.65. The lowest BCUT2D eigenvalue weighted by Crippen LogP contribution is -2.41. The number of aryl methyl sites for hydroxylation is 1. The molecule has 0 unspecified atom stereocenters. The van der Waals surface area contributed by atoms with Crippen molar-refractivity contribution < 1.29 is 9.53 Å². The Labute approximate surface area is 112 Å². The number of nitrogens with zero attached hydrogens (tertiary/aromatic N) is 1. The summed E-state index contributed by atoms with van der Waals surface area (Å²) >= 11 is 6.06. The monoisotopic (exact) mass is 265 g/mol. The van der Waals surface area contributed by atoms with Gasteiger partial charge in [0.1, 0.15) is 0 Å². The second-order valence-electron chi connectivity index (χ2n) is 5.23. The lowest BCUT2D eigenvalue weighted by Gasteiger charge is -2.30. The third-order valence-corrected chi connectivity index (χ3v) is 4.34. The number of halogens is 1. The van der Waals surface area contributed by atoms with Crippen LogP contribution < -0.4 is 0 Å². The fourth-order valence-corrected chi connectivity index (χ4v) is 2.60. The highest BCUT2D eigenvalue weighted by atomic mass is 35.5. The lowest BCUT2D eigenvalue weighted by atomic mass is 9.97. The van der Waals surface area contributed by atoms with E-state index in [-0.39, 0.29) is 11.5 Å². The summed E-state index contributed by atoms with van der Waals surface area (Å²) in [4.78, 5) is 14.2. The van der Waals surface area contributed by atoms with Crippen LogP contribution in [0.2, 0.25) is 5.02 Å². The number of rotatable bonds is 1. The molecule has 1 spiro atoms.